The molecule has 0 saturated heterocycles. The molecule has 1 atom stereocenters. The number of nitrogens with zero attached hydrogens (tertiary/aromatic N) is 1. The lowest BCUT2D eigenvalue weighted by Crippen LogP contribution is -2.26. The maximum atomic E-state index is 6.06. The van der Waals surface area contributed by atoms with Crippen LogP contribution in [0.3, 0.4) is 0 Å². The van der Waals surface area contributed by atoms with E-state index in [0.717, 1.165) is 29.4 Å². The zero-order valence-corrected chi connectivity index (χ0v) is 10.8. The highest BCUT2D eigenvalue weighted by molar-refractivity contribution is 7.99. The molecule has 0 aliphatic carbocycles. The predicted octanol–water partition coefficient (Wildman–Crippen LogP) is 1.92. The molecule has 0 aromatic carbocycles. The minimum atomic E-state index is 0.162. The molecule has 3 nitrogen and oxygen atoms in total. The molecule has 90 valence electrons. The van der Waals surface area contributed by atoms with E-state index >= 15 is 0 Å². The van der Waals surface area contributed by atoms with Gasteiger partial charge in [0.15, 0.2) is 0 Å². The molecule has 1 rings (SSSR count). The van der Waals surface area contributed by atoms with Gasteiger partial charge in [0.25, 0.3) is 0 Å². The summed E-state index contributed by atoms with van der Waals surface area (Å²) in [6, 6.07) is 4.06. The summed E-state index contributed by atoms with van der Waals surface area (Å²) in [4.78, 5) is 4.06. The van der Waals surface area contributed by atoms with Crippen molar-refractivity contribution in [2.45, 2.75) is 26.3 Å². The quantitative estimate of drug-likeness (QED) is 0.796. The number of aromatic nitrogens is 1. The maximum absolute atomic E-state index is 6.06. The Bertz CT molecular complexity index is 315. The Labute approximate surface area is 102 Å². The standard InChI is InChI=1S/C12H21N3S/c1-9(2)7-16-8-11(13)6-10-4-3-5-15-12(10)14/h3-5,9,11H,6-8,13H2,1-2H3,(H2,14,15). The van der Waals surface area contributed by atoms with Crippen molar-refractivity contribution in [1.82, 2.24) is 4.98 Å². The highest BCUT2D eigenvalue weighted by Crippen LogP contribution is 2.13. The molecule has 0 radical (unpaired) electrons. The van der Waals surface area contributed by atoms with Gasteiger partial charge in [-0.25, -0.2) is 4.98 Å². The Kier molecular flexibility index (Phi) is 5.63. The van der Waals surface area contributed by atoms with Crippen molar-refractivity contribution in [3.05, 3.63) is 23.9 Å². The van der Waals surface area contributed by atoms with Crippen LogP contribution >= 0.6 is 11.8 Å². The summed E-state index contributed by atoms with van der Waals surface area (Å²) in [5, 5.41) is 0. The summed E-state index contributed by atoms with van der Waals surface area (Å²) >= 11 is 1.91. The van der Waals surface area contributed by atoms with E-state index in [-0.39, 0.29) is 6.04 Å². The Hall–Kier alpha value is -0.740. The van der Waals surface area contributed by atoms with Gasteiger partial charge in [-0.05, 0) is 29.7 Å². The third-order valence-electron chi connectivity index (χ3n) is 2.19. The van der Waals surface area contributed by atoms with E-state index in [9.17, 15) is 0 Å². The Balaban J connectivity index is 2.34. The van der Waals surface area contributed by atoms with Crippen molar-refractivity contribution in [1.29, 1.82) is 0 Å². The summed E-state index contributed by atoms with van der Waals surface area (Å²) in [5.74, 6) is 3.47. The fourth-order valence-electron chi connectivity index (χ4n) is 1.42. The molecular formula is C12H21N3S. The van der Waals surface area contributed by atoms with Gasteiger partial charge in [-0.1, -0.05) is 19.9 Å². The molecule has 0 bridgehead atoms. The second-order valence-corrected chi connectivity index (χ2v) is 5.52. The fourth-order valence-corrected chi connectivity index (χ4v) is 2.45. The zero-order valence-electron chi connectivity index (χ0n) is 10.0. The monoisotopic (exact) mass is 239 g/mol. The van der Waals surface area contributed by atoms with Crippen molar-refractivity contribution in [3.8, 4) is 0 Å². The first kappa shape index (κ1) is 13.3. The van der Waals surface area contributed by atoms with E-state index in [4.69, 9.17) is 11.5 Å². The first-order valence-corrected chi connectivity index (χ1v) is 6.77. The number of anilines is 1. The number of nitrogens with two attached hydrogens (primary N) is 2. The van der Waals surface area contributed by atoms with Crippen LogP contribution < -0.4 is 11.5 Å². The largest absolute Gasteiger partial charge is 0.383 e. The highest BCUT2D eigenvalue weighted by atomic mass is 32.2. The molecule has 0 saturated carbocycles. The van der Waals surface area contributed by atoms with Crippen LogP contribution in [0.15, 0.2) is 18.3 Å². The number of rotatable bonds is 6. The minimum Gasteiger partial charge on any atom is -0.383 e. The van der Waals surface area contributed by atoms with Crippen LogP contribution in [0, 0.1) is 5.92 Å². The van der Waals surface area contributed by atoms with E-state index in [1.165, 1.54) is 0 Å². The van der Waals surface area contributed by atoms with Crippen molar-refractivity contribution in [2.24, 2.45) is 11.7 Å². The average molecular weight is 239 g/mol. The van der Waals surface area contributed by atoms with Crippen molar-refractivity contribution >= 4 is 17.6 Å². The normalized spacial score (nSPS) is 13.0. The van der Waals surface area contributed by atoms with E-state index in [0.29, 0.717) is 5.82 Å². The lowest BCUT2D eigenvalue weighted by Gasteiger charge is -2.13. The summed E-state index contributed by atoms with van der Waals surface area (Å²) in [6.45, 7) is 4.44. The van der Waals surface area contributed by atoms with Gasteiger partial charge >= 0.3 is 0 Å². The SMILES string of the molecule is CC(C)CSCC(N)Cc1cccnc1N. The van der Waals surface area contributed by atoms with Crippen molar-refractivity contribution < 1.29 is 0 Å². The van der Waals surface area contributed by atoms with Gasteiger partial charge < -0.3 is 11.5 Å². The Morgan fingerprint density at radius 2 is 2.12 bits per heavy atom. The van der Waals surface area contributed by atoms with Crippen LogP contribution in [-0.2, 0) is 6.42 Å². The molecule has 16 heavy (non-hydrogen) atoms. The van der Waals surface area contributed by atoms with E-state index in [1.807, 2.05) is 23.9 Å². The molecule has 1 aromatic rings. The number of hydrogen-bond acceptors (Lipinski definition) is 4. The van der Waals surface area contributed by atoms with Gasteiger partial charge in [0.1, 0.15) is 5.82 Å². The number of pyridine rings is 1. The van der Waals surface area contributed by atoms with E-state index < -0.39 is 0 Å². The molecule has 0 amide bonds. The van der Waals surface area contributed by atoms with Crippen LogP contribution in [0.4, 0.5) is 5.82 Å². The van der Waals surface area contributed by atoms with E-state index in [2.05, 4.69) is 18.8 Å². The summed E-state index contributed by atoms with van der Waals surface area (Å²) in [5.41, 5.74) is 12.9. The number of nitrogen functional groups attached to an aromatic ring is 1. The molecule has 4 heteroatoms. The van der Waals surface area contributed by atoms with Crippen LogP contribution in [-0.4, -0.2) is 22.5 Å². The van der Waals surface area contributed by atoms with Gasteiger partial charge in [0, 0.05) is 18.0 Å². The number of hydrogen-bond donors (Lipinski definition) is 2. The third kappa shape index (κ3) is 4.86. The molecule has 0 aliphatic rings. The second kappa shape index (κ2) is 6.76. The van der Waals surface area contributed by atoms with Crippen LogP contribution in [0.25, 0.3) is 0 Å². The topological polar surface area (TPSA) is 64.9 Å². The summed E-state index contributed by atoms with van der Waals surface area (Å²) < 4.78 is 0. The van der Waals surface area contributed by atoms with Gasteiger partial charge in [0.05, 0.1) is 0 Å². The highest BCUT2D eigenvalue weighted by Gasteiger charge is 2.07. The first-order chi connectivity index (χ1) is 7.59. The van der Waals surface area contributed by atoms with Crippen LogP contribution in [0.1, 0.15) is 19.4 Å². The van der Waals surface area contributed by atoms with Crippen molar-refractivity contribution in [3.63, 3.8) is 0 Å². The lowest BCUT2D eigenvalue weighted by molar-refractivity contribution is 0.731. The lowest BCUT2D eigenvalue weighted by atomic mass is 10.1. The predicted molar refractivity (Wildman–Crippen MR) is 72.5 cm³/mol. The van der Waals surface area contributed by atoms with Gasteiger partial charge in [-0.2, -0.15) is 11.8 Å². The maximum Gasteiger partial charge on any atom is 0.126 e. The summed E-state index contributed by atoms with van der Waals surface area (Å²) in [7, 11) is 0. The Morgan fingerprint density at radius 3 is 2.75 bits per heavy atom. The van der Waals surface area contributed by atoms with E-state index in [1.54, 1.807) is 6.20 Å². The van der Waals surface area contributed by atoms with Gasteiger partial charge in [0.2, 0.25) is 0 Å². The van der Waals surface area contributed by atoms with Gasteiger partial charge in [-0.3, -0.25) is 0 Å². The molecule has 1 unspecified atom stereocenters. The molecule has 0 fully saturated rings. The Morgan fingerprint density at radius 1 is 1.38 bits per heavy atom. The zero-order chi connectivity index (χ0) is 12.0. The second-order valence-electron chi connectivity index (χ2n) is 4.44. The third-order valence-corrected chi connectivity index (χ3v) is 3.76. The molecule has 4 N–H and O–H groups in total. The van der Waals surface area contributed by atoms with Crippen molar-refractivity contribution in [2.75, 3.05) is 17.2 Å². The van der Waals surface area contributed by atoms with Gasteiger partial charge in [-0.15, -0.1) is 0 Å². The summed E-state index contributed by atoms with van der Waals surface area (Å²) in [6.07, 6.45) is 2.52. The fraction of sp³-hybridized carbons (Fsp3) is 0.583. The molecule has 1 heterocycles. The molecule has 0 aliphatic heterocycles. The molecular weight excluding hydrogens is 218 g/mol. The molecule has 0 spiro atoms. The minimum absolute atomic E-state index is 0.162. The van der Waals surface area contributed by atoms with Crippen LogP contribution in [0.5, 0.6) is 0 Å². The first-order valence-electron chi connectivity index (χ1n) is 5.62. The molecule has 1 aromatic heterocycles. The smallest absolute Gasteiger partial charge is 0.126 e. The number of thioether (sulfide) groups is 1. The van der Waals surface area contributed by atoms with Crippen LogP contribution in [0.2, 0.25) is 0 Å². The average Bonchev–Trinajstić information content (AvgIpc) is 2.21.